The number of aromatic nitrogens is 3. The molecule has 0 spiro atoms. The molecular formula is C30H37N7O4S2. The lowest BCUT2D eigenvalue weighted by Gasteiger charge is -2.35. The van der Waals surface area contributed by atoms with Gasteiger partial charge in [0, 0.05) is 62.3 Å². The highest BCUT2D eigenvalue weighted by atomic mass is 32.2. The Kier molecular flexibility index (Phi) is 8.24. The molecule has 6 rings (SSSR count). The van der Waals surface area contributed by atoms with E-state index in [2.05, 4.69) is 39.2 Å². The number of rotatable bonds is 8. The smallest absolute Gasteiger partial charge is 0.256 e. The summed E-state index contributed by atoms with van der Waals surface area (Å²) in [7, 11) is -3.60. The molecule has 3 aromatic heterocycles. The Morgan fingerprint density at radius 3 is 2.60 bits per heavy atom. The standard InChI is InChI=1S/C30H37N7O4S2/c1-19(33-29-23-8-5-9-24(27(23)31-18-32-29)30(38)37-12-6-7-20(37)2)17-35-13-15-36(16-14-35)43(39,40)26-11-10-25(42-26)28-21(3)22(4)34-41-28/h5,8-11,18-20H,6-7,12-17H2,1-4H3,(H,31,32,33)/t19?,20-/m0/s1. The summed E-state index contributed by atoms with van der Waals surface area (Å²) in [6.07, 6.45) is 3.55. The Morgan fingerprint density at radius 2 is 1.91 bits per heavy atom. The van der Waals surface area contributed by atoms with Crippen molar-refractivity contribution in [3.63, 3.8) is 0 Å². The van der Waals surface area contributed by atoms with E-state index in [1.165, 1.54) is 17.7 Å². The van der Waals surface area contributed by atoms with E-state index >= 15 is 0 Å². The number of para-hydroxylation sites is 1. The zero-order valence-corrected chi connectivity index (χ0v) is 26.5. The van der Waals surface area contributed by atoms with E-state index in [9.17, 15) is 13.2 Å². The van der Waals surface area contributed by atoms with Crippen LogP contribution in [0.15, 0.2) is 45.4 Å². The van der Waals surface area contributed by atoms with Gasteiger partial charge in [-0.3, -0.25) is 9.69 Å². The Bertz CT molecular complexity index is 1740. The number of carbonyl (C=O) groups excluding carboxylic acids is 1. The van der Waals surface area contributed by atoms with E-state index in [4.69, 9.17) is 4.52 Å². The van der Waals surface area contributed by atoms with Crippen LogP contribution in [0, 0.1) is 13.8 Å². The Hall–Kier alpha value is -3.39. The molecule has 0 aliphatic carbocycles. The van der Waals surface area contributed by atoms with E-state index in [1.807, 2.05) is 36.9 Å². The Balaban J connectivity index is 1.08. The number of amides is 1. The number of fused-ring (bicyclic) bond motifs is 1. The van der Waals surface area contributed by atoms with Crippen molar-refractivity contribution in [2.45, 2.75) is 56.8 Å². The number of hydrogen-bond acceptors (Lipinski definition) is 10. The predicted molar refractivity (Wildman–Crippen MR) is 167 cm³/mol. The van der Waals surface area contributed by atoms with Crippen LogP contribution in [0.25, 0.3) is 21.5 Å². The second-order valence-electron chi connectivity index (χ2n) is 11.5. The summed E-state index contributed by atoms with van der Waals surface area (Å²) in [4.78, 5) is 27.3. The number of thiophene rings is 1. The van der Waals surface area contributed by atoms with Crippen molar-refractivity contribution in [2.24, 2.45) is 0 Å². The van der Waals surface area contributed by atoms with E-state index in [1.54, 1.807) is 16.4 Å². The van der Waals surface area contributed by atoms with Crippen LogP contribution in [0.3, 0.4) is 0 Å². The van der Waals surface area contributed by atoms with E-state index in [0.29, 0.717) is 53.0 Å². The fourth-order valence-electron chi connectivity index (χ4n) is 5.94. The molecule has 2 aliphatic rings. The lowest BCUT2D eigenvalue weighted by Crippen LogP contribution is -2.50. The molecule has 5 heterocycles. The van der Waals surface area contributed by atoms with E-state index < -0.39 is 10.0 Å². The number of benzene rings is 1. The molecule has 2 atom stereocenters. The van der Waals surface area contributed by atoms with Gasteiger partial charge in [-0.2, -0.15) is 4.31 Å². The van der Waals surface area contributed by atoms with Crippen molar-refractivity contribution in [1.29, 1.82) is 0 Å². The van der Waals surface area contributed by atoms with E-state index in [-0.39, 0.29) is 18.0 Å². The molecule has 43 heavy (non-hydrogen) atoms. The second kappa shape index (κ2) is 11.9. The Labute approximate surface area is 255 Å². The number of aryl methyl sites for hydroxylation is 1. The number of carbonyl (C=O) groups is 1. The minimum absolute atomic E-state index is 0.0167. The van der Waals surface area contributed by atoms with Gasteiger partial charge in [0.2, 0.25) is 0 Å². The van der Waals surface area contributed by atoms with Crippen LogP contribution >= 0.6 is 11.3 Å². The predicted octanol–water partition coefficient (Wildman–Crippen LogP) is 4.39. The molecule has 1 aromatic carbocycles. The maximum atomic E-state index is 13.4. The van der Waals surface area contributed by atoms with Gasteiger partial charge in [-0.1, -0.05) is 11.2 Å². The van der Waals surface area contributed by atoms with Crippen molar-refractivity contribution >= 4 is 44.0 Å². The van der Waals surface area contributed by atoms with Gasteiger partial charge in [0.25, 0.3) is 15.9 Å². The molecule has 2 aliphatic heterocycles. The number of nitrogens with one attached hydrogen (secondary N) is 1. The number of anilines is 1. The minimum Gasteiger partial charge on any atom is -0.366 e. The average Bonchev–Trinajstić information content (AvgIpc) is 3.74. The third kappa shape index (κ3) is 5.78. The summed E-state index contributed by atoms with van der Waals surface area (Å²) in [6.45, 7) is 11.5. The number of nitrogens with zero attached hydrogens (tertiary/aromatic N) is 6. The largest absolute Gasteiger partial charge is 0.366 e. The number of piperazine rings is 1. The summed E-state index contributed by atoms with van der Waals surface area (Å²) in [5, 5.41) is 8.31. The highest BCUT2D eigenvalue weighted by molar-refractivity contribution is 7.91. The van der Waals surface area contributed by atoms with Gasteiger partial charge in [-0.25, -0.2) is 18.4 Å². The summed E-state index contributed by atoms with van der Waals surface area (Å²) < 4.78 is 34.1. The molecule has 2 fully saturated rings. The third-order valence-electron chi connectivity index (χ3n) is 8.51. The van der Waals surface area contributed by atoms with Crippen molar-refractivity contribution in [1.82, 2.24) is 29.2 Å². The molecule has 2 saturated heterocycles. The minimum atomic E-state index is -3.60. The summed E-state index contributed by atoms with van der Waals surface area (Å²) in [6, 6.07) is 9.38. The van der Waals surface area contributed by atoms with Crippen LogP contribution in [0.1, 0.15) is 48.3 Å². The van der Waals surface area contributed by atoms with Crippen molar-refractivity contribution in [3.8, 4) is 10.6 Å². The normalized spacial score (nSPS) is 19.3. The van der Waals surface area contributed by atoms with Crippen LogP contribution < -0.4 is 5.32 Å². The van der Waals surface area contributed by atoms with Gasteiger partial charge in [-0.15, -0.1) is 11.3 Å². The van der Waals surface area contributed by atoms with Crippen LogP contribution in [-0.2, 0) is 10.0 Å². The second-order valence-corrected chi connectivity index (χ2v) is 14.8. The molecule has 11 nitrogen and oxygen atoms in total. The number of hydrogen-bond donors (Lipinski definition) is 1. The first kappa shape index (κ1) is 29.7. The number of likely N-dealkylation sites (tertiary alicyclic amines) is 1. The van der Waals surface area contributed by atoms with Gasteiger partial charge >= 0.3 is 0 Å². The molecule has 13 heteroatoms. The highest BCUT2D eigenvalue weighted by Crippen LogP contribution is 2.35. The Morgan fingerprint density at radius 1 is 1.12 bits per heavy atom. The SMILES string of the molecule is Cc1noc(-c2ccc(S(=O)(=O)N3CCN(CC(C)Nc4ncnc5c(C(=O)N6CCC[C@@H]6C)cccc45)CC3)s2)c1C. The van der Waals surface area contributed by atoms with Gasteiger partial charge in [0.1, 0.15) is 16.4 Å². The zero-order chi connectivity index (χ0) is 30.3. The third-order valence-corrected chi connectivity index (χ3v) is 12.0. The summed E-state index contributed by atoms with van der Waals surface area (Å²) in [5.41, 5.74) is 2.97. The van der Waals surface area contributed by atoms with Gasteiger partial charge < -0.3 is 14.7 Å². The molecule has 0 radical (unpaired) electrons. The molecule has 228 valence electrons. The zero-order valence-electron chi connectivity index (χ0n) is 24.9. The summed E-state index contributed by atoms with van der Waals surface area (Å²) >= 11 is 1.21. The molecule has 4 aromatic rings. The van der Waals surface area contributed by atoms with Gasteiger partial charge in [0.15, 0.2) is 5.76 Å². The van der Waals surface area contributed by atoms with Crippen molar-refractivity contribution in [2.75, 3.05) is 44.6 Å². The fraction of sp³-hybridized carbons (Fsp3) is 0.467. The topological polar surface area (TPSA) is 125 Å². The maximum absolute atomic E-state index is 13.4. The van der Waals surface area contributed by atoms with Gasteiger partial charge in [-0.05, 0) is 64.8 Å². The average molecular weight is 624 g/mol. The quantitative estimate of drug-likeness (QED) is 0.304. The summed E-state index contributed by atoms with van der Waals surface area (Å²) in [5.74, 6) is 1.33. The van der Waals surface area contributed by atoms with Crippen LogP contribution in [-0.4, -0.2) is 94.9 Å². The maximum Gasteiger partial charge on any atom is 0.256 e. The van der Waals surface area contributed by atoms with Crippen molar-refractivity contribution < 1.29 is 17.7 Å². The molecule has 1 unspecified atom stereocenters. The molecule has 0 bridgehead atoms. The van der Waals surface area contributed by atoms with E-state index in [0.717, 1.165) is 47.5 Å². The van der Waals surface area contributed by atoms with Crippen LogP contribution in [0.2, 0.25) is 0 Å². The lowest BCUT2D eigenvalue weighted by atomic mass is 10.1. The monoisotopic (exact) mass is 623 g/mol. The van der Waals surface area contributed by atoms with Crippen LogP contribution in [0.4, 0.5) is 5.82 Å². The van der Waals surface area contributed by atoms with Crippen molar-refractivity contribution in [3.05, 3.63) is 53.5 Å². The first-order chi connectivity index (χ1) is 20.6. The fourth-order valence-corrected chi connectivity index (χ4v) is 8.85. The molecule has 1 N–H and O–H groups in total. The van der Waals surface area contributed by atoms with Gasteiger partial charge in [0.05, 0.1) is 21.7 Å². The van der Waals surface area contributed by atoms with Crippen LogP contribution in [0.5, 0.6) is 0 Å². The first-order valence-corrected chi connectivity index (χ1v) is 17.0. The molecular weight excluding hydrogens is 587 g/mol. The number of sulfonamides is 1. The lowest BCUT2D eigenvalue weighted by molar-refractivity contribution is 0.0749. The first-order valence-electron chi connectivity index (χ1n) is 14.7. The molecule has 0 saturated carbocycles. The highest BCUT2D eigenvalue weighted by Gasteiger charge is 2.31. The molecule has 1 amide bonds.